The molecule has 0 fully saturated rings. The highest BCUT2D eigenvalue weighted by molar-refractivity contribution is 7.86. The summed E-state index contributed by atoms with van der Waals surface area (Å²) < 4.78 is 27.8. The van der Waals surface area contributed by atoms with E-state index in [4.69, 9.17) is 4.18 Å². The van der Waals surface area contributed by atoms with E-state index in [1.807, 2.05) is 6.07 Å². The fraction of sp³-hybridized carbons (Fsp3) is 0.333. The van der Waals surface area contributed by atoms with Crippen LogP contribution in [0.25, 0.3) is 10.8 Å². The average molecular weight is 276 g/mol. The molecule has 0 radical (unpaired) electrons. The van der Waals surface area contributed by atoms with Gasteiger partial charge in [-0.3, -0.25) is 4.18 Å². The van der Waals surface area contributed by atoms with Crippen molar-refractivity contribution in [1.82, 2.24) is 0 Å². The fourth-order valence-electron chi connectivity index (χ4n) is 2.87. The Hall–Kier alpha value is -1.39. The van der Waals surface area contributed by atoms with E-state index in [0.29, 0.717) is 6.42 Å². The van der Waals surface area contributed by atoms with Crippen LogP contribution in [0.3, 0.4) is 0 Å². The Bertz CT molecular complexity index is 714. The molecule has 0 heterocycles. The molecule has 19 heavy (non-hydrogen) atoms. The maximum atomic E-state index is 11.3. The molecular formula is C15H16O3S. The van der Waals surface area contributed by atoms with E-state index >= 15 is 0 Å². The molecule has 0 saturated heterocycles. The SMILES string of the molecule is CS(=O)(=O)OC1CCc2cccc3cccc(c23)C1. The Morgan fingerprint density at radius 2 is 1.79 bits per heavy atom. The molecule has 2 aromatic carbocycles. The Morgan fingerprint density at radius 3 is 2.47 bits per heavy atom. The zero-order valence-electron chi connectivity index (χ0n) is 10.8. The minimum atomic E-state index is -3.40. The summed E-state index contributed by atoms with van der Waals surface area (Å²) in [7, 11) is -3.40. The van der Waals surface area contributed by atoms with Crippen LogP contribution in [0.2, 0.25) is 0 Å². The van der Waals surface area contributed by atoms with E-state index in [9.17, 15) is 8.42 Å². The highest BCUT2D eigenvalue weighted by Crippen LogP contribution is 2.30. The summed E-state index contributed by atoms with van der Waals surface area (Å²) in [6.45, 7) is 0. The Kier molecular flexibility index (Phi) is 3.07. The maximum absolute atomic E-state index is 11.3. The highest BCUT2D eigenvalue weighted by Gasteiger charge is 2.21. The van der Waals surface area contributed by atoms with Crippen LogP contribution in [0.15, 0.2) is 36.4 Å². The van der Waals surface area contributed by atoms with Gasteiger partial charge in [-0.1, -0.05) is 36.4 Å². The first kappa shape index (κ1) is 12.6. The second-order valence-electron chi connectivity index (χ2n) is 5.10. The van der Waals surface area contributed by atoms with E-state index in [2.05, 4.69) is 30.3 Å². The molecule has 0 bridgehead atoms. The van der Waals surface area contributed by atoms with Crippen molar-refractivity contribution in [3.8, 4) is 0 Å². The monoisotopic (exact) mass is 276 g/mol. The summed E-state index contributed by atoms with van der Waals surface area (Å²) in [5.74, 6) is 0. The normalized spacial score (nSPS) is 19.3. The van der Waals surface area contributed by atoms with E-state index in [1.165, 1.54) is 21.9 Å². The first-order valence-corrected chi connectivity index (χ1v) is 8.22. The van der Waals surface area contributed by atoms with Crippen molar-refractivity contribution >= 4 is 20.9 Å². The average Bonchev–Trinajstić information content (AvgIpc) is 2.50. The summed E-state index contributed by atoms with van der Waals surface area (Å²) in [6, 6.07) is 12.5. The van der Waals surface area contributed by atoms with Gasteiger partial charge in [0.25, 0.3) is 10.1 Å². The van der Waals surface area contributed by atoms with Crippen molar-refractivity contribution in [3.05, 3.63) is 47.5 Å². The van der Waals surface area contributed by atoms with Gasteiger partial charge in [-0.25, -0.2) is 0 Å². The first-order chi connectivity index (χ1) is 9.03. The Labute approximate surface area is 113 Å². The Balaban J connectivity index is 2.05. The molecule has 4 heteroatoms. The zero-order valence-corrected chi connectivity index (χ0v) is 11.6. The summed E-state index contributed by atoms with van der Waals surface area (Å²) >= 11 is 0. The zero-order chi connectivity index (χ0) is 13.5. The molecule has 1 aliphatic rings. The molecule has 3 rings (SSSR count). The summed E-state index contributed by atoms with van der Waals surface area (Å²) in [4.78, 5) is 0. The number of benzene rings is 2. The van der Waals surface area contributed by atoms with Crippen molar-refractivity contribution < 1.29 is 12.6 Å². The molecule has 0 spiro atoms. The van der Waals surface area contributed by atoms with Gasteiger partial charge in [0.1, 0.15) is 0 Å². The van der Waals surface area contributed by atoms with Crippen molar-refractivity contribution in [2.45, 2.75) is 25.4 Å². The van der Waals surface area contributed by atoms with E-state index in [1.54, 1.807) is 0 Å². The molecule has 3 nitrogen and oxygen atoms in total. The molecule has 1 aliphatic carbocycles. The number of aryl methyl sites for hydroxylation is 1. The molecule has 1 atom stereocenters. The lowest BCUT2D eigenvalue weighted by molar-refractivity contribution is 0.203. The smallest absolute Gasteiger partial charge is 0.264 e. The van der Waals surface area contributed by atoms with Crippen LogP contribution in [0.5, 0.6) is 0 Å². The minimum Gasteiger partial charge on any atom is -0.267 e. The molecular weight excluding hydrogens is 260 g/mol. The third kappa shape index (κ3) is 2.65. The molecule has 0 amide bonds. The van der Waals surface area contributed by atoms with E-state index < -0.39 is 10.1 Å². The van der Waals surface area contributed by atoms with Crippen LogP contribution >= 0.6 is 0 Å². The van der Waals surface area contributed by atoms with E-state index in [0.717, 1.165) is 19.1 Å². The van der Waals surface area contributed by atoms with Gasteiger partial charge < -0.3 is 0 Å². The molecule has 0 saturated carbocycles. The van der Waals surface area contributed by atoms with Crippen LogP contribution in [-0.4, -0.2) is 20.8 Å². The largest absolute Gasteiger partial charge is 0.267 e. The highest BCUT2D eigenvalue weighted by atomic mass is 32.2. The molecule has 0 aromatic heterocycles. The number of hydrogen-bond donors (Lipinski definition) is 0. The second-order valence-corrected chi connectivity index (χ2v) is 6.70. The van der Waals surface area contributed by atoms with Crippen LogP contribution in [0.1, 0.15) is 17.5 Å². The van der Waals surface area contributed by atoms with Crippen molar-refractivity contribution in [2.24, 2.45) is 0 Å². The van der Waals surface area contributed by atoms with Gasteiger partial charge in [0.2, 0.25) is 0 Å². The van der Waals surface area contributed by atoms with Crippen LogP contribution < -0.4 is 0 Å². The molecule has 0 N–H and O–H groups in total. The Morgan fingerprint density at radius 1 is 1.11 bits per heavy atom. The molecule has 0 aliphatic heterocycles. The van der Waals surface area contributed by atoms with Crippen LogP contribution in [0.4, 0.5) is 0 Å². The summed E-state index contributed by atoms with van der Waals surface area (Å²) in [6.07, 6.45) is 3.11. The minimum absolute atomic E-state index is 0.256. The third-order valence-corrected chi connectivity index (χ3v) is 4.19. The van der Waals surface area contributed by atoms with E-state index in [-0.39, 0.29) is 6.10 Å². The summed E-state index contributed by atoms with van der Waals surface area (Å²) in [5.41, 5.74) is 2.46. The van der Waals surface area contributed by atoms with Gasteiger partial charge in [-0.2, -0.15) is 8.42 Å². The van der Waals surface area contributed by atoms with Gasteiger partial charge in [-0.05, 0) is 34.7 Å². The van der Waals surface area contributed by atoms with Gasteiger partial charge in [0.15, 0.2) is 0 Å². The fourth-order valence-corrected chi connectivity index (χ4v) is 3.53. The lowest BCUT2D eigenvalue weighted by atomic mass is 9.98. The quantitative estimate of drug-likeness (QED) is 0.792. The maximum Gasteiger partial charge on any atom is 0.264 e. The van der Waals surface area contributed by atoms with Crippen LogP contribution in [0, 0.1) is 0 Å². The van der Waals surface area contributed by atoms with Gasteiger partial charge in [0.05, 0.1) is 12.4 Å². The van der Waals surface area contributed by atoms with Gasteiger partial charge in [-0.15, -0.1) is 0 Å². The number of hydrogen-bond acceptors (Lipinski definition) is 3. The lowest BCUT2D eigenvalue weighted by Crippen LogP contribution is -2.19. The topological polar surface area (TPSA) is 43.4 Å². The third-order valence-electron chi connectivity index (χ3n) is 3.57. The predicted molar refractivity (Wildman–Crippen MR) is 75.7 cm³/mol. The number of rotatable bonds is 2. The first-order valence-electron chi connectivity index (χ1n) is 6.41. The van der Waals surface area contributed by atoms with Gasteiger partial charge in [0, 0.05) is 6.42 Å². The molecule has 100 valence electrons. The van der Waals surface area contributed by atoms with Crippen molar-refractivity contribution in [2.75, 3.05) is 6.26 Å². The predicted octanol–water partition coefficient (Wildman–Crippen LogP) is 2.67. The summed E-state index contributed by atoms with van der Waals surface area (Å²) in [5, 5.41) is 2.49. The molecule has 1 unspecified atom stereocenters. The molecule has 2 aromatic rings. The second kappa shape index (κ2) is 4.62. The standard InChI is InChI=1S/C15H16O3S/c1-19(16,17)18-14-9-8-12-6-2-4-11-5-3-7-13(10-14)15(11)12/h2-7,14H,8-10H2,1H3. The van der Waals surface area contributed by atoms with Crippen molar-refractivity contribution in [1.29, 1.82) is 0 Å². The van der Waals surface area contributed by atoms with Crippen LogP contribution in [-0.2, 0) is 27.1 Å². The van der Waals surface area contributed by atoms with Gasteiger partial charge >= 0.3 is 0 Å². The van der Waals surface area contributed by atoms with Crippen molar-refractivity contribution in [3.63, 3.8) is 0 Å². The lowest BCUT2D eigenvalue weighted by Gasteiger charge is -2.13.